The molecule has 3 aliphatic rings. The van der Waals surface area contributed by atoms with E-state index in [1.165, 1.54) is 32.1 Å². The molecule has 0 bridgehead atoms. The molecule has 2 aliphatic heterocycles. The number of amides is 1. The van der Waals surface area contributed by atoms with Crippen molar-refractivity contribution < 1.29 is 9.53 Å². The average Bonchev–Trinajstić information content (AvgIpc) is 3.28. The van der Waals surface area contributed by atoms with E-state index in [1.54, 1.807) is 11.6 Å². The van der Waals surface area contributed by atoms with E-state index in [1.807, 2.05) is 42.2 Å². The lowest BCUT2D eigenvalue weighted by atomic mass is 9.78. The zero-order valence-corrected chi connectivity index (χ0v) is 21.4. The van der Waals surface area contributed by atoms with Crippen LogP contribution in [0.25, 0.3) is 6.08 Å². The van der Waals surface area contributed by atoms with Gasteiger partial charge in [0.15, 0.2) is 5.11 Å². The molecular weight excluding hydrogens is 442 g/mol. The minimum Gasteiger partial charge on any atom is -0.493 e. The van der Waals surface area contributed by atoms with Crippen molar-refractivity contribution in [2.75, 3.05) is 39.3 Å². The number of ether oxygens (including phenoxy) is 1. The van der Waals surface area contributed by atoms with Crippen LogP contribution in [0, 0.1) is 5.41 Å². The molecule has 1 N–H and O–H groups in total. The Kier molecular flexibility index (Phi) is 8.65. The summed E-state index contributed by atoms with van der Waals surface area (Å²) in [5.41, 5.74) is 2.82. The van der Waals surface area contributed by atoms with E-state index < -0.39 is 0 Å². The van der Waals surface area contributed by atoms with Gasteiger partial charge >= 0.3 is 0 Å². The van der Waals surface area contributed by atoms with E-state index in [0.717, 1.165) is 68.4 Å². The fourth-order valence-corrected chi connectivity index (χ4v) is 5.72. The smallest absolute Gasteiger partial charge is 0.246 e. The summed E-state index contributed by atoms with van der Waals surface area (Å²) in [4.78, 5) is 17.2. The van der Waals surface area contributed by atoms with Gasteiger partial charge in [-0.2, -0.15) is 0 Å². The third-order valence-electron chi connectivity index (χ3n) is 7.59. The van der Waals surface area contributed by atoms with Gasteiger partial charge in [0.2, 0.25) is 5.91 Å². The Morgan fingerprint density at radius 1 is 1.15 bits per heavy atom. The Labute approximate surface area is 210 Å². The summed E-state index contributed by atoms with van der Waals surface area (Å²) in [7, 11) is 0. The van der Waals surface area contributed by atoms with Crippen LogP contribution in [-0.4, -0.2) is 60.2 Å². The third-order valence-corrected chi connectivity index (χ3v) is 8.00. The molecule has 34 heavy (non-hydrogen) atoms. The summed E-state index contributed by atoms with van der Waals surface area (Å²) < 4.78 is 5.66. The normalized spacial score (nSPS) is 20.0. The van der Waals surface area contributed by atoms with Crippen LogP contribution in [0.4, 0.5) is 0 Å². The molecule has 1 aliphatic carbocycles. The second-order valence-electron chi connectivity index (χ2n) is 9.89. The van der Waals surface area contributed by atoms with Crippen molar-refractivity contribution >= 4 is 29.3 Å². The maximum absolute atomic E-state index is 12.8. The highest BCUT2D eigenvalue weighted by Gasteiger charge is 2.41. The lowest BCUT2D eigenvalue weighted by molar-refractivity contribution is -0.128. The first-order chi connectivity index (χ1) is 16.6. The fraction of sp³-hybridized carbons (Fsp3) is 0.571. The lowest BCUT2D eigenvalue weighted by Gasteiger charge is -2.39. The highest BCUT2D eigenvalue weighted by atomic mass is 32.1. The maximum Gasteiger partial charge on any atom is 0.246 e. The summed E-state index contributed by atoms with van der Waals surface area (Å²) in [6.45, 7) is 7.20. The van der Waals surface area contributed by atoms with Crippen LogP contribution < -0.4 is 10.1 Å². The Balaban J connectivity index is 1.22. The molecule has 5 nitrogen and oxygen atoms in total. The number of carbonyl (C=O) groups is 1. The van der Waals surface area contributed by atoms with Crippen LogP contribution in [-0.2, 0) is 4.79 Å². The zero-order chi connectivity index (χ0) is 23.8. The number of rotatable bonds is 7. The van der Waals surface area contributed by atoms with Gasteiger partial charge in [0.25, 0.3) is 0 Å². The quantitative estimate of drug-likeness (QED) is 0.330. The molecule has 6 heteroatoms. The largest absolute Gasteiger partial charge is 0.493 e. The molecule has 0 aromatic heterocycles. The summed E-state index contributed by atoms with van der Waals surface area (Å²) in [6.07, 6.45) is 15.5. The molecule has 2 heterocycles. The fourth-order valence-electron chi connectivity index (χ4n) is 5.46. The standard InChI is InChI=1S/C28H39N3O2S/c1-2-33-25-11-7-6-10-24(25)12-13-26(32)30-19-15-28(16-20-30)17-21-31(22-28)27(34)29-18-14-23-8-4-3-5-9-23/h6-8,10-13H,2-5,9,14-22H2,1H3,(H,29,34)/b13-12+. The van der Waals surface area contributed by atoms with E-state index in [2.05, 4.69) is 16.3 Å². The average molecular weight is 482 g/mol. The van der Waals surface area contributed by atoms with Gasteiger partial charge < -0.3 is 19.9 Å². The van der Waals surface area contributed by atoms with Crippen molar-refractivity contribution in [1.29, 1.82) is 0 Å². The van der Waals surface area contributed by atoms with Crippen molar-refractivity contribution in [3.05, 3.63) is 47.6 Å². The summed E-state index contributed by atoms with van der Waals surface area (Å²) in [5.74, 6) is 0.906. The van der Waals surface area contributed by atoms with Crippen molar-refractivity contribution in [3.63, 3.8) is 0 Å². The molecular formula is C28H39N3O2S. The molecule has 0 radical (unpaired) electrons. The minimum atomic E-state index is 0.0882. The third kappa shape index (κ3) is 6.41. The van der Waals surface area contributed by atoms with Gasteiger partial charge in [-0.05, 0) is 88.1 Å². The van der Waals surface area contributed by atoms with Crippen molar-refractivity contribution in [3.8, 4) is 5.75 Å². The number of carbonyl (C=O) groups excluding carboxylic acids is 1. The number of nitrogens with zero attached hydrogens (tertiary/aromatic N) is 2. The Hall–Kier alpha value is -2.34. The van der Waals surface area contributed by atoms with Gasteiger partial charge in [-0.1, -0.05) is 29.8 Å². The van der Waals surface area contributed by atoms with Crippen LogP contribution in [0.2, 0.25) is 0 Å². The van der Waals surface area contributed by atoms with Gasteiger partial charge in [-0.15, -0.1) is 0 Å². The second-order valence-corrected chi connectivity index (χ2v) is 10.3. The second kappa shape index (κ2) is 11.9. The van der Waals surface area contributed by atoms with E-state index >= 15 is 0 Å². The van der Waals surface area contributed by atoms with Crippen molar-refractivity contribution in [1.82, 2.24) is 15.1 Å². The Morgan fingerprint density at radius 3 is 2.65 bits per heavy atom. The van der Waals surface area contributed by atoms with Crippen LogP contribution >= 0.6 is 12.2 Å². The molecule has 0 atom stereocenters. The van der Waals surface area contributed by atoms with Gasteiger partial charge in [0.1, 0.15) is 5.75 Å². The van der Waals surface area contributed by atoms with Gasteiger partial charge in [-0.3, -0.25) is 4.79 Å². The number of benzene rings is 1. The number of thiocarbonyl (C=S) groups is 1. The number of nitrogens with one attached hydrogen (secondary N) is 1. The summed E-state index contributed by atoms with van der Waals surface area (Å²) in [6, 6.07) is 7.84. The maximum atomic E-state index is 12.8. The molecule has 0 saturated carbocycles. The number of allylic oxidation sites excluding steroid dienone is 1. The Morgan fingerprint density at radius 2 is 1.91 bits per heavy atom. The van der Waals surface area contributed by atoms with E-state index in [-0.39, 0.29) is 5.91 Å². The molecule has 1 amide bonds. The topological polar surface area (TPSA) is 44.8 Å². The predicted molar refractivity (Wildman–Crippen MR) is 143 cm³/mol. The zero-order valence-electron chi connectivity index (χ0n) is 20.6. The summed E-state index contributed by atoms with van der Waals surface area (Å²) >= 11 is 5.72. The van der Waals surface area contributed by atoms with E-state index in [4.69, 9.17) is 17.0 Å². The Bertz CT molecular complexity index is 918. The van der Waals surface area contributed by atoms with Crippen LogP contribution in [0.1, 0.15) is 63.9 Å². The van der Waals surface area contributed by atoms with Crippen LogP contribution in [0.15, 0.2) is 42.0 Å². The predicted octanol–water partition coefficient (Wildman–Crippen LogP) is 5.18. The molecule has 0 unspecified atom stereocenters. The first kappa shape index (κ1) is 24.8. The van der Waals surface area contributed by atoms with Crippen LogP contribution in [0.5, 0.6) is 5.75 Å². The highest BCUT2D eigenvalue weighted by molar-refractivity contribution is 7.80. The van der Waals surface area contributed by atoms with Gasteiger partial charge in [0.05, 0.1) is 6.61 Å². The number of hydrogen-bond acceptors (Lipinski definition) is 3. The first-order valence-electron chi connectivity index (χ1n) is 13.0. The number of hydrogen-bond donors (Lipinski definition) is 1. The molecule has 4 rings (SSSR count). The lowest BCUT2D eigenvalue weighted by Crippen LogP contribution is -2.45. The molecule has 184 valence electrons. The first-order valence-corrected chi connectivity index (χ1v) is 13.4. The van der Waals surface area contributed by atoms with Gasteiger partial charge in [0, 0.05) is 44.4 Å². The minimum absolute atomic E-state index is 0.0882. The highest BCUT2D eigenvalue weighted by Crippen LogP contribution is 2.40. The molecule has 1 aromatic carbocycles. The van der Waals surface area contributed by atoms with Crippen molar-refractivity contribution in [2.24, 2.45) is 5.41 Å². The van der Waals surface area contributed by atoms with Crippen molar-refractivity contribution in [2.45, 2.75) is 58.3 Å². The monoisotopic (exact) mass is 481 g/mol. The van der Waals surface area contributed by atoms with Gasteiger partial charge in [-0.25, -0.2) is 0 Å². The molecule has 2 saturated heterocycles. The number of piperidine rings is 1. The number of para-hydroxylation sites is 1. The van der Waals surface area contributed by atoms with E-state index in [0.29, 0.717) is 12.0 Å². The number of likely N-dealkylation sites (tertiary alicyclic amines) is 2. The molecule has 1 spiro atoms. The molecule has 1 aromatic rings. The molecule has 2 fully saturated rings. The van der Waals surface area contributed by atoms with Crippen LogP contribution in [0.3, 0.4) is 0 Å². The van der Waals surface area contributed by atoms with E-state index in [9.17, 15) is 4.79 Å². The SMILES string of the molecule is CCOc1ccccc1/C=C/C(=O)N1CCC2(CC1)CCN(C(=S)NCCC1=CCCCC1)C2. The summed E-state index contributed by atoms with van der Waals surface area (Å²) in [5, 5.41) is 4.40.